The van der Waals surface area contributed by atoms with Gasteiger partial charge in [-0.2, -0.15) is 6.07 Å². The molecule has 1 aliphatic rings. The molecule has 1 amide bonds. The Balaban J connectivity index is 0.000000672. The number of aliphatic carboxylic acids is 1. The van der Waals surface area contributed by atoms with Crippen LogP contribution in [0.2, 0.25) is 0 Å². The molecule has 0 aliphatic carbocycles. The third kappa shape index (κ3) is 7.76. The van der Waals surface area contributed by atoms with Crippen molar-refractivity contribution < 1.29 is 48.6 Å². The molecule has 0 atom stereocenters. The summed E-state index contributed by atoms with van der Waals surface area (Å²) in [6, 6.07) is 24.9. The summed E-state index contributed by atoms with van der Waals surface area (Å²) in [6.45, 7) is 1.08. The van der Waals surface area contributed by atoms with Gasteiger partial charge in [0.1, 0.15) is 0 Å². The Morgan fingerprint density at radius 3 is 2.34 bits per heavy atom. The average Bonchev–Trinajstić information content (AvgIpc) is 3.07. The fraction of sp³-hybridized carbons (Fsp3) is 0.0417. The Bertz CT molecular complexity index is 1150. The molecule has 1 heterocycles. The molecule has 1 saturated heterocycles. The van der Waals surface area contributed by atoms with Crippen molar-refractivity contribution in [2.24, 2.45) is 4.99 Å². The van der Waals surface area contributed by atoms with Crippen LogP contribution in [0.15, 0.2) is 82.7 Å². The number of hydrogen-bond donors (Lipinski definition) is 2. The number of carbonyl (C=O) groups is 2. The minimum absolute atomic E-state index is 0. The van der Waals surface area contributed by atoms with Crippen LogP contribution in [0.4, 0.5) is 10.1 Å². The van der Waals surface area contributed by atoms with Crippen LogP contribution in [-0.2, 0) is 9.59 Å². The van der Waals surface area contributed by atoms with Crippen molar-refractivity contribution in [1.29, 1.82) is 0 Å². The standard InChI is InChI=1S/C22H14FN2OS.C2H4O2.Na/c23-18-7-4-8-19(14-18)24-22-25-21(26)20(27-22)13-15-9-11-17(12-10-15)16-5-2-1-3-6-16;1-2(3)4;/h1-6,8-14H,(H,24,25,26);1H3,(H,3,4);/q-1;;+1/b20-13+;;. The van der Waals surface area contributed by atoms with Crippen LogP contribution in [0.3, 0.4) is 0 Å². The summed E-state index contributed by atoms with van der Waals surface area (Å²) in [5.74, 6) is -1.53. The van der Waals surface area contributed by atoms with Crippen molar-refractivity contribution in [1.82, 2.24) is 5.32 Å². The zero-order chi connectivity index (χ0) is 22.2. The van der Waals surface area contributed by atoms with Gasteiger partial charge in [0.05, 0.1) is 4.91 Å². The van der Waals surface area contributed by atoms with Gasteiger partial charge in [-0.15, -0.1) is 18.2 Å². The van der Waals surface area contributed by atoms with E-state index in [1.165, 1.54) is 23.9 Å². The number of benzene rings is 3. The van der Waals surface area contributed by atoms with E-state index in [-0.39, 0.29) is 35.5 Å². The molecule has 0 saturated carbocycles. The number of thioether (sulfide) groups is 1. The maximum absolute atomic E-state index is 13.2. The number of rotatable bonds is 3. The van der Waals surface area contributed by atoms with Crippen LogP contribution in [-0.4, -0.2) is 22.2 Å². The smallest absolute Gasteiger partial charge is 0.481 e. The van der Waals surface area contributed by atoms with Gasteiger partial charge in [0.15, 0.2) is 5.17 Å². The molecule has 3 aromatic carbocycles. The fourth-order valence-electron chi connectivity index (χ4n) is 2.65. The number of aliphatic imine (C=N–C) groups is 1. The van der Waals surface area contributed by atoms with Gasteiger partial charge in [-0.1, -0.05) is 54.6 Å². The molecule has 32 heavy (non-hydrogen) atoms. The van der Waals surface area contributed by atoms with Gasteiger partial charge in [0.2, 0.25) is 0 Å². The number of carbonyl (C=O) groups excluding carboxylic acids is 1. The van der Waals surface area contributed by atoms with E-state index >= 15 is 0 Å². The third-order valence-corrected chi connectivity index (χ3v) is 4.86. The van der Waals surface area contributed by atoms with Crippen molar-refractivity contribution in [3.63, 3.8) is 0 Å². The number of nitrogens with one attached hydrogen (secondary N) is 1. The van der Waals surface area contributed by atoms with E-state index in [0.29, 0.717) is 15.8 Å². The molecule has 0 unspecified atom stereocenters. The maximum Gasteiger partial charge on any atom is 1.00 e. The molecule has 3 aromatic rings. The Morgan fingerprint density at radius 1 is 1.09 bits per heavy atom. The van der Waals surface area contributed by atoms with E-state index in [2.05, 4.69) is 28.5 Å². The largest absolute Gasteiger partial charge is 1.00 e. The van der Waals surface area contributed by atoms with Gasteiger partial charge in [0, 0.05) is 12.7 Å². The zero-order valence-corrected chi connectivity index (χ0v) is 20.3. The quantitative estimate of drug-likeness (QED) is 0.360. The Labute approximate surface area is 211 Å². The second-order valence-electron chi connectivity index (χ2n) is 6.38. The molecule has 1 fully saturated rings. The van der Waals surface area contributed by atoms with Crippen LogP contribution in [0.5, 0.6) is 0 Å². The SMILES string of the molecule is CC(=O)O.O=C1NC(=Nc2cc[c-]c(F)c2)S/C1=C/c1ccc(-c2ccccc2)cc1.[Na+]. The van der Waals surface area contributed by atoms with E-state index in [9.17, 15) is 9.18 Å². The van der Waals surface area contributed by atoms with Gasteiger partial charge >= 0.3 is 29.6 Å². The van der Waals surface area contributed by atoms with Gasteiger partial charge in [-0.25, -0.2) is 4.39 Å². The van der Waals surface area contributed by atoms with Crippen molar-refractivity contribution in [2.75, 3.05) is 0 Å². The summed E-state index contributed by atoms with van der Waals surface area (Å²) in [5, 5.41) is 10.5. The van der Waals surface area contributed by atoms with Crippen LogP contribution in [0.1, 0.15) is 12.5 Å². The number of amidine groups is 1. The summed E-state index contributed by atoms with van der Waals surface area (Å²) in [4.78, 5) is 26.0. The normalized spacial score (nSPS) is 14.9. The Morgan fingerprint density at radius 2 is 1.72 bits per heavy atom. The van der Waals surface area contributed by atoms with E-state index in [1.54, 1.807) is 6.07 Å². The van der Waals surface area contributed by atoms with Crippen LogP contribution in [0.25, 0.3) is 17.2 Å². The summed E-state index contributed by atoms with van der Waals surface area (Å²) in [6.07, 6.45) is 1.82. The number of halogens is 1. The Hall–Kier alpha value is -2.71. The van der Waals surface area contributed by atoms with Gasteiger partial charge in [-0.05, 0) is 40.2 Å². The summed E-state index contributed by atoms with van der Waals surface area (Å²) in [5.41, 5.74) is 3.62. The minimum atomic E-state index is -0.833. The van der Waals surface area contributed by atoms with Crippen molar-refractivity contribution in [3.8, 4) is 11.1 Å². The summed E-state index contributed by atoms with van der Waals surface area (Å²) >= 11 is 1.23. The minimum Gasteiger partial charge on any atom is -0.481 e. The monoisotopic (exact) mass is 456 g/mol. The number of carboxylic acid groups (broad SMARTS) is 1. The van der Waals surface area contributed by atoms with Crippen LogP contribution >= 0.6 is 11.8 Å². The molecule has 5 nitrogen and oxygen atoms in total. The van der Waals surface area contributed by atoms with Crippen LogP contribution in [0, 0.1) is 11.9 Å². The number of amides is 1. The topological polar surface area (TPSA) is 78.8 Å². The molecule has 4 rings (SSSR count). The third-order valence-electron chi connectivity index (χ3n) is 3.95. The van der Waals surface area contributed by atoms with Crippen molar-refractivity contribution in [2.45, 2.75) is 6.92 Å². The van der Waals surface area contributed by atoms with Crippen molar-refractivity contribution in [3.05, 3.63) is 95.1 Å². The summed E-state index contributed by atoms with van der Waals surface area (Å²) in [7, 11) is 0. The van der Waals surface area contributed by atoms with Gasteiger partial charge in [0.25, 0.3) is 11.9 Å². The van der Waals surface area contributed by atoms with Gasteiger partial charge < -0.3 is 10.4 Å². The van der Waals surface area contributed by atoms with E-state index in [1.807, 2.05) is 48.5 Å². The second kappa shape index (κ2) is 12.4. The Kier molecular flexibility index (Phi) is 9.87. The fourth-order valence-corrected chi connectivity index (χ4v) is 3.49. The molecular formula is C24H18FN2NaO3S. The van der Waals surface area contributed by atoms with E-state index in [4.69, 9.17) is 9.90 Å². The zero-order valence-electron chi connectivity index (χ0n) is 17.5. The average molecular weight is 456 g/mol. The summed E-state index contributed by atoms with van der Waals surface area (Å²) < 4.78 is 13.2. The first-order chi connectivity index (χ1) is 14.9. The predicted octanol–water partition coefficient (Wildman–Crippen LogP) is 2.28. The molecule has 0 aromatic heterocycles. The van der Waals surface area contributed by atoms with Gasteiger partial charge in [-0.3, -0.25) is 14.6 Å². The molecule has 0 spiro atoms. The number of nitrogens with zero attached hydrogens (tertiary/aromatic N) is 1. The van der Waals surface area contributed by atoms with E-state index < -0.39 is 11.8 Å². The molecular weight excluding hydrogens is 438 g/mol. The maximum atomic E-state index is 13.2. The first-order valence-corrected chi connectivity index (χ1v) is 10.0. The molecule has 8 heteroatoms. The van der Waals surface area contributed by atoms with Crippen molar-refractivity contribution >= 4 is 40.6 Å². The number of carboxylic acids is 1. The molecule has 0 radical (unpaired) electrons. The van der Waals surface area contributed by atoms with Crippen LogP contribution < -0.4 is 34.9 Å². The van der Waals surface area contributed by atoms with E-state index in [0.717, 1.165) is 23.6 Å². The molecule has 156 valence electrons. The molecule has 1 aliphatic heterocycles. The second-order valence-corrected chi connectivity index (χ2v) is 7.41. The first kappa shape index (κ1) is 25.5. The molecule has 2 N–H and O–H groups in total. The number of hydrogen-bond acceptors (Lipinski definition) is 4. The predicted molar refractivity (Wildman–Crippen MR) is 121 cm³/mol. The molecule has 0 bridgehead atoms. The first-order valence-electron chi connectivity index (χ1n) is 9.22.